The number of esters is 1. The van der Waals surface area contributed by atoms with E-state index in [-0.39, 0.29) is 18.5 Å². The number of carbonyl (C=O) groups excluding carboxylic acids is 2. The summed E-state index contributed by atoms with van der Waals surface area (Å²) in [6, 6.07) is -0.638. The van der Waals surface area contributed by atoms with Crippen LogP contribution in [0.5, 0.6) is 0 Å². The number of hydrogen-bond acceptors (Lipinski definition) is 5. The Morgan fingerprint density at radius 2 is 0.667 bits per heavy atom. The van der Waals surface area contributed by atoms with Gasteiger partial charge in [0.15, 0.2) is 0 Å². The van der Waals surface area contributed by atoms with E-state index in [2.05, 4.69) is 67.8 Å². The summed E-state index contributed by atoms with van der Waals surface area (Å²) in [5.74, 6) is -0.0847. The molecule has 0 radical (unpaired) electrons. The number of aliphatic hydroxyl groups excluding tert-OH is 2. The minimum absolute atomic E-state index is 0.00780. The van der Waals surface area contributed by atoms with Gasteiger partial charge in [-0.05, 0) is 96.3 Å². The quantitative estimate of drug-likeness (QED) is 0.0320. The van der Waals surface area contributed by atoms with E-state index in [1.165, 1.54) is 244 Å². The first-order valence-electron chi connectivity index (χ1n) is 33.1. The van der Waals surface area contributed by atoms with Gasteiger partial charge in [-0.3, -0.25) is 9.59 Å². The second-order valence-electron chi connectivity index (χ2n) is 22.4. The first-order valence-corrected chi connectivity index (χ1v) is 33.1. The Morgan fingerprint density at radius 3 is 1.04 bits per heavy atom. The number of unbranched alkanes of at least 4 members (excludes halogenated alkanes) is 42. The lowest BCUT2D eigenvalue weighted by Gasteiger charge is -2.20. The maximum absolute atomic E-state index is 12.5. The molecule has 0 aromatic carbocycles. The van der Waals surface area contributed by atoms with Crippen LogP contribution in [0.25, 0.3) is 0 Å². The summed E-state index contributed by atoms with van der Waals surface area (Å²) in [5, 5.41) is 23.2. The zero-order valence-electron chi connectivity index (χ0n) is 50.0. The van der Waals surface area contributed by atoms with Crippen molar-refractivity contribution >= 4 is 11.9 Å². The van der Waals surface area contributed by atoms with Crippen LogP contribution in [0.3, 0.4) is 0 Å². The van der Waals surface area contributed by atoms with Crippen LogP contribution in [0, 0.1) is 0 Å². The zero-order valence-corrected chi connectivity index (χ0v) is 50.0. The van der Waals surface area contributed by atoms with Gasteiger partial charge in [-0.2, -0.15) is 0 Å². The lowest BCUT2D eigenvalue weighted by Crippen LogP contribution is -2.45. The molecule has 0 aliphatic rings. The molecule has 2 atom stereocenters. The fraction of sp³-hybridized carbons (Fsp3) is 0.826. The number of nitrogens with one attached hydrogen (secondary N) is 1. The third-order valence-corrected chi connectivity index (χ3v) is 15.0. The van der Waals surface area contributed by atoms with E-state index in [9.17, 15) is 19.8 Å². The van der Waals surface area contributed by atoms with Crippen LogP contribution in [-0.2, 0) is 14.3 Å². The van der Waals surface area contributed by atoms with Crippen molar-refractivity contribution in [1.82, 2.24) is 5.32 Å². The molecule has 1 amide bonds. The molecule has 0 spiro atoms. The van der Waals surface area contributed by atoms with E-state index in [0.29, 0.717) is 19.4 Å². The summed E-state index contributed by atoms with van der Waals surface area (Å²) in [6.45, 7) is 4.88. The molecule has 6 heteroatoms. The largest absolute Gasteiger partial charge is 0.466 e. The van der Waals surface area contributed by atoms with Crippen LogP contribution < -0.4 is 5.32 Å². The first-order chi connectivity index (χ1) is 37.0. The zero-order chi connectivity index (χ0) is 54.3. The van der Waals surface area contributed by atoms with Gasteiger partial charge in [0, 0.05) is 12.8 Å². The normalized spacial score (nSPS) is 13.0. The van der Waals surface area contributed by atoms with Crippen LogP contribution in [0.4, 0.5) is 0 Å². The second-order valence-corrected chi connectivity index (χ2v) is 22.4. The van der Waals surface area contributed by atoms with Gasteiger partial charge in [0.2, 0.25) is 5.91 Å². The molecule has 0 saturated heterocycles. The fourth-order valence-corrected chi connectivity index (χ4v) is 9.93. The first kappa shape index (κ1) is 72.6. The summed E-state index contributed by atoms with van der Waals surface area (Å²) in [5.41, 5.74) is 0. The molecular weight excluding hydrogens is 923 g/mol. The molecule has 75 heavy (non-hydrogen) atoms. The van der Waals surface area contributed by atoms with Crippen molar-refractivity contribution in [3.63, 3.8) is 0 Å². The molecule has 0 aromatic rings. The monoisotopic (exact) mass is 1050 g/mol. The van der Waals surface area contributed by atoms with E-state index >= 15 is 0 Å². The molecule has 0 aliphatic heterocycles. The number of allylic oxidation sites excluding steroid dienone is 9. The van der Waals surface area contributed by atoms with Gasteiger partial charge in [-0.15, -0.1) is 0 Å². The van der Waals surface area contributed by atoms with E-state index in [0.717, 1.165) is 70.6 Å². The fourth-order valence-electron chi connectivity index (χ4n) is 9.93. The van der Waals surface area contributed by atoms with Crippen molar-refractivity contribution in [1.29, 1.82) is 0 Å². The number of rotatable bonds is 61. The Hall–Kier alpha value is -2.44. The third-order valence-electron chi connectivity index (χ3n) is 15.0. The number of hydrogen-bond donors (Lipinski definition) is 3. The molecule has 438 valence electrons. The molecule has 0 bridgehead atoms. The Bertz CT molecular complexity index is 1300. The Kier molecular flexibility index (Phi) is 62.0. The number of amides is 1. The summed E-state index contributed by atoms with van der Waals surface area (Å²) in [7, 11) is 0. The van der Waals surface area contributed by atoms with Crippen molar-refractivity contribution in [3.8, 4) is 0 Å². The second kappa shape index (κ2) is 64.1. The lowest BCUT2D eigenvalue weighted by atomic mass is 10.0. The summed E-state index contributed by atoms with van der Waals surface area (Å²) in [4.78, 5) is 24.6. The highest BCUT2D eigenvalue weighted by atomic mass is 16.5. The van der Waals surface area contributed by atoms with Gasteiger partial charge in [0.1, 0.15) is 0 Å². The number of ether oxygens (including phenoxy) is 1. The SMILES string of the molecule is CCCCC/C=C\C/C=C\CCCCCCCC(=O)OCCCCCCCCCCC/C=C\C/C=C\CCCCCCCCCC(=O)NC(CO)C(O)/C=C/CCCCCCCCCCCCCCCCCCCC. The molecule has 0 aromatic heterocycles. The molecule has 3 N–H and O–H groups in total. The minimum atomic E-state index is -0.853. The number of aliphatic hydroxyl groups is 2. The standard InChI is InChI=1S/C69H127NO5/c1-3-5-7-9-11-13-15-17-19-20-21-27-30-34-37-41-45-49-53-57-61-67(72)66(65-71)70-68(73)62-58-54-50-46-42-38-35-31-28-25-23-22-24-26-29-32-36-40-44-48-52-56-60-64-75-69(74)63-59-55-51-47-43-39-33-18-16-14-12-10-8-6-4-2/h12,14,18,22,24-25,28,33,57,61,66-67,71-72H,3-11,13,15-17,19-21,23,26-27,29-32,34-56,58-60,62-65H2,1-2H3,(H,70,73)/b14-12-,24-22-,28-25-,33-18-,61-57+. The predicted molar refractivity (Wildman–Crippen MR) is 328 cm³/mol. The van der Waals surface area contributed by atoms with Gasteiger partial charge >= 0.3 is 5.97 Å². The summed E-state index contributed by atoms with van der Waals surface area (Å²) < 4.78 is 5.47. The van der Waals surface area contributed by atoms with Crippen molar-refractivity contribution in [3.05, 3.63) is 60.8 Å². The van der Waals surface area contributed by atoms with Crippen LogP contribution in [0.1, 0.15) is 341 Å². The van der Waals surface area contributed by atoms with Crippen LogP contribution in [0.2, 0.25) is 0 Å². The van der Waals surface area contributed by atoms with Crippen molar-refractivity contribution < 1.29 is 24.5 Å². The van der Waals surface area contributed by atoms with Crippen LogP contribution in [-0.4, -0.2) is 47.4 Å². The Morgan fingerprint density at radius 1 is 0.373 bits per heavy atom. The average molecular weight is 1050 g/mol. The van der Waals surface area contributed by atoms with E-state index in [1.54, 1.807) is 6.08 Å². The molecule has 0 rings (SSSR count). The van der Waals surface area contributed by atoms with Crippen molar-refractivity contribution in [2.75, 3.05) is 13.2 Å². The van der Waals surface area contributed by atoms with E-state index in [4.69, 9.17) is 4.74 Å². The Labute approximate surface area is 467 Å². The third kappa shape index (κ3) is 60.6. The van der Waals surface area contributed by atoms with Gasteiger partial charge in [0.05, 0.1) is 25.4 Å². The van der Waals surface area contributed by atoms with Crippen molar-refractivity contribution in [2.24, 2.45) is 0 Å². The maximum atomic E-state index is 12.5. The summed E-state index contributed by atoms with van der Waals surface area (Å²) >= 11 is 0. The van der Waals surface area contributed by atoms with Crippen molar-refractivity contribution in [2.45, 2.75) is 353 Å². The van der Waals surface area contributed by atoms with Crippen LogP contribution >= 0.6 is 0 Å². The smallest absolute Gasteiger partial charge is 0.305 e. The van der Waals surface area contributed by atoms with E-state index in [1.807, 2.05) is 6.08 Å². The predicted octanol–water partition coefficient (Wildman–Crippen LogP) is 21.1. The lowest BCUT2D eigenvalue weighted by molar-refractivity contribution is -0.143. The highest BCUT2D eigenvalue weighted by Gasteiger charge is 2.18. The highest BCUT2D eigenvalue weighted by molar-refractivity contribution is 5.76. The highest BCUT2D eigenvalue weighted by Crippen LogP contribution is 2.17. The molecule has 0 aliphatic carbocycles. The van der Waals surface area contributed by atoms with Gasteiger partial charge < -0.3 is 20.3 Å². The number of carbonyl (C=O) groups is 2. The minimum Gasteiger partial charge on any atom is -0.466 e. The molecule has 0 heterocycles. The topological polar surface area (TPSA) is 95.9 Å². The average Bonchev–Trinajstić information content (AvgIpc) is 3.41. The molecule has 6 nitrogen and oxygen atoms in total. The van der Waals surface area contributed by atoms with Gasteiger partial charge in [-0.1, -0.05) is 293 Å². The van der Waals surface area contributed by atoms with Gasteiger partial charge in [-0.25, -0.2) is 0 Å². The van der Waals surface area contributed by atoms with Crippen LogP contribution in [0.15, 0.2) is 60.8 Å². The maximum Gasteiger partial charge on any atom is 0.305 e. The summed E-state index contributed by atoms with van der Waals surface area (Å²) in [6.07, 6.45) is 84.1. The van der Waals surface area contributed by atoms with E-state index < -0.39 is 12.1 Å². The Balaban J connectivity index is 3.49. The molecule has 2 unspecified atom stereocenters. The molecular formula is C69H127NO5. The molecule has 0 saturated carbocycles. The molecule has 0 fully saturated rings. The van der Waals surface area contributed by atoms with Gasteiger partial charge in [0.25, 0.3) is 0 Å².